The Morgan fingerprint density at radius 3 is 2.69 bits per heavy atom. The number of carboxylic acids is 1. The van der Waals surface area contributed by atoms with E-state index in [0.717, 1.165) is 12.0 Å². The van der Waals surface area contributed by atoms with Crippen molar-refractivity contribution in [3.05, 3.63) is 35.4 Å². The van der Waals surface area contributed by atoms with Crippen LogP contribution in [-0.2, 0) is 11.3 Å². The molecule has 0 saturated carbocycles. The molecule has 0 spiro atoms. The van der Waals surface area contributed by atoms with Gasteiger partial charge in [-0.25, -0.2) is 0 Å². The van der Waals surface area contributed by atoms with Crippen LogP contribution in [0.25, 0.3) is 0 Å². The number of hydrogen-bond donors (Lipinski definition) is 2. The average Bonchev–Trinajstić information content (AvgIpc) is 2.26. The highest BCUT2D eigenvalue weighted by Gasteiger charge is 2.15. The number of carboxylic acid groups (broad SMARTS) is 1. The van der Waals surface area contributed by atoms with Crippen molar-refractivity contribution < 1.29 is 9.90 Å². The largest absolute Gasteiger partial charge is 0.480 e. The van der Waals surface area contributed by atoms with Crippen LogP contribution in [0.4, 0.5) is 0 Å². The second-order valence-corrected chi connectivity index (χ2v) is 3.99. The molecule has 0 aliphatic rings. The van der Waals surface area contributed by atoms with Gasteiger partial charge in [0.15, 0.2) is 0 Å². The van der Waals surface area contributed by atoms with Crippen molar-refractivity contribution in [2.45, 2.75) is 39.3 Å². The summed E-state index contributed by atoms with van der Waals surface area (Å²) in [6.07, 6.45) is 1.54. The van der Waals surface area contributed by atoms with Gasteiger partial charge in [-0.1, -0.05) is 37.6 Å². The normalized spacial score (nSPS) is 12.4. The summed E-state index contributed by atoms with van der Waals surface area (Å²) < 4.78 is 0. The van der Waals surface area contributed by atoms with Gasteiger partial charge in [0.25, 0.3) is 0 Å². The molecule has 1 atom stereocenters. The fraction of sp³-hybridized carbons (Fsp3) is 0.462. The summed E-state index contributed by atoms with van der Waals surface area (Å²) in [6, 6.07) is 7.57. The van der Waals surface area contributed by atoms with E-state index in [1.54, 1.807) is 0 Å². The van der Waals surface area contributed by atoms with Gasteiger partial charge >= 0.3 is 5.97 Å². The molecule has 1 aromatic rings. The van der Waals surface area contributed by atoms with Crippen LogP contribution in [0, 0.1) is 6.92 Å². The summed E-state index contributed by atoms with van der Waals surface area (Å²) in [5.74, 6) is -0.768. The molecule has 2 N–H and O–H groups in total. The summed E-state index contributed by atoms with van der Waals surface area (Å²) in [5.41, 5.74) is 2.35. The average molecular weight is 221 g/mol. The Bertz CT molecular complexity index is 350. The third-order valence-corrected chi connectivity index (χ3v) is 2.68. The van der Waals surface area contributed by atoms with Crippen LogP contribution in [-0.4, -0.2) is 17.1 Å². The molecule has 3 heteroatoms. The van der Waals surface area contributed by atoms with Crippen molar-refractivity contribution in [2.75, 3.05) is 0 Å². The van der Waals surface area contributed by atoms with Crippen LogP contribution in [0.15, 0.2) is 24.3 Å². The Kier molecular flexibility index (Phi) is 4.99. The van der Waals surface area contributed by atoms with Crippen molar-refractivity contribution >= 4 is 5.97 Å². The SMILES string of the molecule is CCCC(NCc1ccccc1C)C(=O)O. The second kappa shape index (κ2) is 6.28. The van der Waals surface area contributed by atoms with E-state index in [2.05, 4.69) is 5.32 Å². The van der Waals surface area contributed by atoms with Crippen LogP contribution in [0.1, 0.15) is 30.9 Å². The minimum Gasteiger partial charge on any atom is -0.480 e. The molecule has 0 aliphatic carbocycles. The summed E-state index contributed by atoms with van der Waals surface area (Å²) in [4.78, 5) is 10.9. The van der Waals surface area contributed by atoms with Crippen LogP contribution in [0.2, 0.25) is 0 Å². The van der Waals surface area contributed by atoms with Gasteiger partial charge in [0.2, 0.25) is 0 Å². The fourth-order valence-electron chi connectivity index (χ4n) is 1.64. The molecule has 88 valence electrons. The predicted molar refractivity (Wildman–Crippen MR) is 64.4 cm³/mol. The number of rotatable bonds is 6. The number of benzene rings is 1. The molecule has 0 fully saturated rings. The van der Waals surface area contributed by atoms with Crippen LogP contribution < -0.4 is 5.32 Å². The lowest BCUT2D eigenvalue weighted by molar-refractivity contribution is -0.139. The standard InChI is InChI=1S/C13H19NO2/c1-3-6-12(13(15)16)14-9-11-8-5-4-7-10(11)2/h4-5,7-8,12,14H,3,6,9H2,1-2H3,(H,15,16). The zero-order chi connectivity index (χ0) is 12.0. The zero-order valence-electron chi connectivity index (χ0n) is 9.86. The van der Waals surface area contributed by atoms with E-state index < -0.39 is 12.0 Å². The van der Waals surface area contributed by atoms with Gasteiger partial charge in [-0.05, 0) is 24.5 Å². The van der Waals surface area contributed by atoms with Gasteiger partial charge in [0.05, 0.1) is 0 Å². The summed E-state index contributed by atoms with van der Waals surface area (Å²) in [6.45, 7) is 4.64. The first kappa shape index (κ1) is 12.7. The smallest absolute Gasteiger partial charge is 0.320 e. The molecule has 0 aromatic heterocycles. The van der Waals surface area contributed by atoms with Crippen LogP contribution >= 0.6 is 0 Å². The van der Waals surface area contributed by atoms with E-state index in [-0.39, 0.29) is 0 Å². The van der Waals surface area contributed by atoms with Gasteiger partial charge < -0.3 is 10.4 Å². The van der Waals surface area contributed by atoms with E-state index in [9.17, 15) is 4.79 Å². The minimum absolute atomic E-state index is 0.440. The van der Waals surface area contributed by atoms with Crippen molar-refractivity contribution in [1.82, 2.24) is 5.32 Å². The highest BCUT2D eigenvalue weighted by Crippen LogP contribution is 2.07. The molecular formula is C13H19NO2. The summed E-state index contributed by atoms with van der Waals surface area (Å²) >= 11 is 0. The van der Waals surface area contributed by atoms with Gasteiger partial charge in [-0.2, -0.15) is 0 Å². The second-order valence-electron chi connectivity index (χ2n) is 3.99. The third kappa shape index (κ3) is 3.66. The van der Waals surface area contributed by atoms with Crippen molar-refractivity contribution in [3.8, 4) is 0 Å². The Balaban J connectivity index is 2.55. The molecular weight excluding hydrogens is 202 g/mol. The monoisotopic (exact) mass is 221 g/mol. The van der Waals surface area contributed by atoms with Crippen molar-refractivity contribution in [1.29, 1.82) is 0 Å². The van der Waals surface area contributed by atoms with E-state index in [1.165, 1.54) is 5.56 Å². The molecule has 0 saturated heterocycles. The van der Waals surface area contributed by atoms with E-state index in [4.69, 9.17) is 5.11 Å². The van der Waals surface area contributed by atoms with Gasteiger partial charge in [-0.15, -0.1) is 0 Å². The molecule has 0 radical (unpaired) electrons. The molecule has 0 amide bonds. The van der Waals surface area contributed by atoms with Crippen LogP contribution in [0.5, 0.6) is 0 Å². The highest BCUT2D eigenvalue weighted by molar-refractivity contribution is 5.73. The van der Waals surface area contributed by atoms with E-state index >= 15 is 0 Å². The summed E-state index contributed by atoms with van der Waals surface area (Å²) in [5, 5.41) is 12.1. The quantitative estimate of drug-likeness (QED) is 0.775. The van der Waals surface area contributed by atoms with E-state index in [1.807, 2.05) is 38.1 Å². The lowest BCUT2D eigenvalue weighted by Crippen LogP contribution is -2.36. The molecule has 1 unspecified atom stereocenters. The number of nitrogens with one attached hydrogen (secondary N) is 1. The Hall–Kier alpha value is -1.35. The molecule has 0 aliphatic heterocycles. The van der Waals surface area contributed by atoms with E-state index in [0.29, 0.717) is 13.0 Å². The van der Waals surface area contributed by atoms with Crippen molar-refractivity contribution in [2.24, 2.45) is 0 Å². The zero-order valence-corrected chi connectivity index (χ0v) is 9.86. The van der Waals surface area contributed by atoms with Crippen LogP contribution in [0.3, 0.4) is 0 Å². The molecule has 16 heavy (non-hydrogen) atoms. The molecule has 1 aromatic carbocycles. The van der Waals surface area contributed by atoms with Gasteiger partial charge in [-0.3, -0.25) is 4.79 Å². The summed E-state index contributed by atoms with van der Waals surface area (Å²) in [7, 11) is 0. The maximum absolute atomic E-state index is 10.9. The first-order valence-corrected chi connectivity index (χ1v) is 5.65. The molecule has 0 heterocycles. The minimum atomic E-state index is -0.768. The first-order chi connectivity index (χ1) is 7.65. The maximum Gasteiger partial charge on any atom is 0.320 e. The molecule has 0 bridgehead atoms. The predicted octanol–water partition coefficient (Wildman–Crippen LogP) is 2.34. The highest BCUT2D eigenvalue weighted by atomic mass is 16.4. The number of aliphatic carboxylic acids is 1. The Morgan fingerprint density at radius 2 is 2.12 bits per heavy atom. The molecule has 3 nitrogen and oxygen atoms in total. The lowest BCUT2D eigenvalue weighted by atomic mass is 10.1. The third-order valence-electron chi connectivity index (χ3n) is 2.68. The number of carbonyl (C=O) groups is 1. The first-order valence-electron chi connectivity index (χ1n) is 5.65. The van der Waals surface area contributed by atoms with Crippen molar-refractivity contribution in [3.63, 3.8) is 0 Å². The van der Waals surface area contributed by atoms with Gasteiger partial charge in [0, 0.05) is 6.54 Å². The molecule has 1 rings (SSSR count). The topological polar surface area (TPSA) is 49.3 Å². The fourth-order valence-corrected chi connectivity index (χ4v) is 1.64. The van der Waals surface area contributed by atoms with Gasteiger partial charge in [0.1, 0.15) is 6.04 Å². The Labute approximate surface area is 96.5 Å². The maximum atomic E-state index is 10.9. The lowest BCUT2D eigenvalue weighted by Gasteiger charge is -2.14. The Morgan fingerprint density at radius 1 is 1.44 bits per heavy atom. The number of hydrogen-bond acceptors (Lipinski definition) is 2. The number of aryl methyl sites for hydroxylation is 1.